The Morgan fingerprint density at radius 2 is 1.91 bits per heavy atom. The second-order valence-corrected chi connectivity index (χ2v) is 8.49. The molecule has 0 radical (unpaired) electrons. The fraction of sp³-hybridized carbons (Fsp3) is 0.346. The Bertz CT molecular complexity index is 1200. The lowest BCUT2D eigenvalue weighted by Crippen LogP contribution is -2.29. The zero-order valence-corrected chi connectivity index (χ0v) is 20.2. The number of methoxy groups -OCH3 is 1. The minimum Gasteiger partial charge on any atom is -0.497 e. The molecule has 0 saturated carbocycles. The molecule has 4 rings (SSSR count). The highest BCUT2D eigenvalue weighted by molar-refractivity contribution is 6.33. The fourth-order valence-corrected chi connectivity index (χ4v) is 4.60. The molecular formula is C26H28ClN3O4. The molecule has 2 atom stereocenters. The second kappa shape index (κ2) is 10.4. The van der Waals surface area contributed by atoms with Crippen LogP contribution in [0.3, 0.4) is 0 Å². The van der Waals surface area contributed by atoms with E-state index in [2.05, 4.69) is 5.32 Å². The van der Waals surface area contributed by atoms with E-state index in [1.807, 2.05) is 50.2 Å². The monoisotopic (exact) mass is 481 g/mol. The highest BCUT2D eigenvalue weighted by Gasteiger charge is 2.36. The Kier molecular flexibility index (Phi) is 7.34. The van der Waals surface area contributed by atoms with Crippen LogP contribution in [0, 0.1) is 0 Å². The predicted octanol–water partition coefficient (Wildman–Crippen LogP) is 4.54. The summed E-state index contributed by atoms with van der Waals surface area (Å²) < 4.78 is 10.8. The van der Waals surface area contributed by atoms with E-state index in [1.165, 1.54) is 0 Å². The minimum atomic E-state index is -0.656. The van der Waals surface area contributed by atoms with Crippen molar-refractivity contribution in [1.82, 2.24) is 9.97 Å². The third-order valence-corrected chi connectivity index (χ3v) is 6.34. The minimum absolute atomic E-state index is 0.300. The van der Waals surface area contributed by atoms with Crippen LogP contribution in [0.1, 0.15) is 42.4 Å². The summed E-state index contributed by atoms with van der Waals surface area (Å²) in [4.78, 5) is 21.8. The van der Waals surface area contributed by atoms with Gasteiger partial charge in [-0.15, -0.1) is 0 Å². The highest BCUT2D eigenvalue weighted by atomic mass is 35.5. The van der Waals surface area contributed by atoms with Crippen LogP contribution in [-0.2, 0) is 28.8 Å². The molecule has 0 unspecified atom stereocenters. The standard InChI is InChI=1S/C26H28ClN3O4/c1-4-20-24(18-11-10-16(33-3)13-19(18)27)28-21(5-2)26(29-20)30-25-17-9-7-6-8-15(17)12-22(25)34-23(32)14-31/h6-11,13,22,25,31H,4-5,12,14H2,1-3H3,(H,29,30)/t22-,25+/m0/s1. The number of aliphatic hydroxyl groups is 1. The van der Waals surface area contributed by atoms with Crippen molar-refractivity contribution in [3.8, 4) is 17.0 Å². The van der Waals surface area contributed by atoms with Crippen LogP contribution in [0.2, 0.25) is 5.02 Å². The van der Waals surface area contributed by atoms with Crippen LogP contribution in [0.4, 0.5) is 5.82 Å². The van der Waals surface area contributed by atoms with Crippen LogP contribution < -0.4 is 10.1 Å². The fourth-order valence-electron chi connectivity index (χ4n) is 4.34. The number of hydrogen-bond donors (Lipinski definition) is 2. The number of ether oxygens (including phenoxy) is 2. The number of anilines is 1. The van der Waals surface area contributed by atoms with Crippen molar-refractivity contribution in [3.05, 3.63) is 70.0 Å². The van der Waals surface area contributed by atoms with E-state index >= 15 is 0 Å². The van der Waals surface area contributed by atoms with E-state index in [0.29, 0.717) is 35.9 Å². The summed E-state index contributed by atoms with van der Waals surface area (Å²) in [6.07, 6.45) is 1.42. The molecule has 2 N–H and O–H groups in total. The van der Waals surface area contributed by atoms with Crippen LogP contribution in [-0.4, -0.2) is 40.9 Å². The average Bonchev–Trinajstić information content (AvgIpc) is 3.20. The molecule has 3 aromatic rings. The third-order valence-electron chi connectivity index (χ3n) is 6.03. The van der Waals surface area contributed by atoms with Gasteiger partial charge in [-0.05, 0) is 42.2 Å². The van der Waals surface area contributed by atoms with E-state index in [-0.39, 0.29) is 6.04 Å². The first-order valence-corrected chi connectivity index (χ1v) is 11.7. The molecule has 0 amide bonds. The maximum Gasteiger partial charge on any atom is 0.332 e. The lowest BCUT2D eigenvalue weighted by Gasteiger charge is -2.24. The van der Waals surface area contributed by atoms with Gasteiger partial charge in [-0.25, -0.2) is 14.8 Å². The molecule has 0 aliphatic heterocycles. The molecule has 1 aliphatic carbocycles. The first kappa shape index (κ1) is 24.0. The maximum absolute atomic E-state index is 11.9. The van der Waals surface area contributed by atoms with Crippen LogP contribution in [0.5, 0.6) is 5.75 Å². The maximum atomic E-state index is 11.9. The largest absolute Gasteiger partial charge is 0.497 e. The molecule has 178 valence electrons. The zero-order valence-electron chi connectivity index (χ0n) is 19.5. The van der Waals surface area contributed by atoms with Gasteiger partial charge in [-0.1, -0.05) is 49.7 Å². The van der Waals surface area contributed by atoms with Gasteiger partial charge >= 0.3 is 5.97 Å². The topological polar surface area (TPSA) is 93.6 Å². The number of nitrogens with one attached hydrogen (secondary N) is 1. The first-order chi connectivity index (χ1) is 16.5. The Balaban J connectivity index is 1.73. The number of carbonyl (C=O) groups is 1. The van der Waals surface area contributed by atoms with Crippen molar-refractivity contribution in [1.29, 1.82) is 0 Å². The predicted molar refractivity (Wildman–Crippen MR) is 131 cm³/mol. The van der Waals surface area contributed by atoms with Gasteiger partial charge in [0.2, 0.25) is 0 Å². The van der Waals surface area contributed by atoms with E-state index in [0.717, 1.165) is 33.8 Å². The van der Waals surface area contributed by atoms with Crippen molar-refractivity contribution < 1.29 is 19.4 Å². The first-order valence-electron chi connectivity index (χ1n) is 11.4. The molecule has 2 aromatic carbocycles. The Morgan fingerprint density at radius 1 is 1.15 bits per heavy atom. The molecule has 8 heteroatoms. The summed E-state index contributed by atoms with van der Waals surface area (Å²) in [7, 11) is 1.60. The highest BCUT2D eigenvalue weighted by Crippen LogP contribution is 2.38. The number of hydrogen-bond acceptors (Lipinski definition) is 7. The average molecular weight is 482 g/mol. The summed E-state index contributed by atoms with van der Waals surface area (Å²) in [5, 5.41) is 13.2. The molecule has 1 aromatic heterocycles. The van der Waals surface area contributed by atoms with Crippen molar-refractivity contribution in [2.75, 3.05) is 19.0 Å². The zero-order chi connectivity index (χ0) is 24.2. The summed E-state index contributed by atoms with van der Waals surface area (Å²) in [6, 6.07) is 13.2. The summed E-state index contributed by atoms with van der Waals surface area (Å²) in [5.41, 5.74) is 5.28. The number of carbonyl (C=O) groups excluding carboxylic acids is 1. The van der Waals surface area contributed by atoms with E-state index in [1.54, 1.807) is 13.2 Å². The van der Waals surface area contributed by atoms with E-state index < -0.39 is 18.7 Å². The number of esters is 1. The van der Waals surface area contributed by atoms with Crippen LogP contribution >= 0.6 is 11.6 Å². The molecule has 0 saturated heterocycles. The lowest BCUT2D eigenvalue weighted by atomic mass is 10.1. The summed E-state index contributed by atoms with van der Waals surface area (Å²) in [5.74, 6) is 0.682. The number of aliphatic hydroxyl groups excluding tert-OH is 1. The van der Waals surface area contributed by atoms with Gasteiger partial charge in [0.1, 0.15) is 24.3 Å². The van der Waals surface area contributed by atoms with Gasteiger partial charge in [0, 0.05) is 12.0 Å². The Hall–Kier alpha value is -3.16. The number of rotatable bonds is 8. The molecule has 34 heavy (non-hydrogen) atoms. The van der Waals surface area contributed by atoms with Crippen molar-refractivity contribution in [3.63, 3.8) is 0 Å². The molecule has 0 bridgehead atoms. The number of aromatic nitrogens is 2. The van der Waals surface area contributed by atoms with Gasteiger partial charge in [0.15, 0.2) is 0 Å². The van der Waals surface area contributed by atoms with Gasteiger partial charge in [-0.2, -0.15) is 0 Å². The summed E-state index contributed by atoms with van der Waals surface area (Å²) >= 11 is 6.55. The second-order valence-electron chi connectivity index (χ2n) is 8.08. The lowest BCUT2D eigenvalue weighted by molar-refractivity contribution is -0.152. The van der Waals surface area contributed by atoms with Gasteiger partial charge in [0.25, 0.3) is 0 Å². The van der Waals surface area contributed by atoms with Crippen LogP contribution in [0.25, 0.3) is 11.3 Å². The van der Waals surface area contributed by atoms with E-state index in [9.17, 15) is 9.90 Å². The van der Waals surface area contributed by atoms with E-state index in [4.69, 9.17) is 31.0 Å². The Morgan fingerprint density at radius 3 is 2.59 bits per heavy atom. The van der Waals surface area contributed by atoms with Crippen molar-refractivity contribution in [2.24, 2.45) is 0 Å². The van der Waals surface area contributed by atoms with Gasteiger partial charge in [-0.3, -0.25) is 0 Å². The normalized spacial score (nSPS) is 16.7. The molecular weight excluding hydrogens is 454 g/mol. The number of halogens is 1. The Labute approximate surface area is 204 Å². The van der Waals surface area contributed by atoms with Crippen molar-refractivity contribution in [2.45, 2.75) is 45.3 Å². The van der Waals surface area contributed by atoms with Crippen molar-refractivity contribution >= 4 is 23.4 Å². The SMILES string of the molecule is CCc1nc(-c2ccc(OC)cc2Cl)c(CC)nc1N[C@@H]1c2ccccc2C[C@@H]1OC(=O)CO. The molecule has 1 aliphatic rings. The third kappa shape index (κ3) is 4.72. The molecule has 1 heterocycles. The molecule has 7 nitrogen and oxygen atoms in total. The number of aryl methyl sites for hydroxylation is 2. The smallest absolute Gasteiger partial charge is 0.332 e. The molecule has 0 fully saturated rings. The quantitative estimate of drug-likeness (QED) is 0.456. The number of benzene rings is 2. The number of nitrogens with zero attached hydrogens (tertiary/aromatic N) is 2. The van der Waals surface area contributed by atoms with Gasteiger partial charge in [0.05, 0.1) is 35.3 Å². The summed E-state index contributed by atoms with van der Waals surface area (Å²) in [6.45, 7) is 3.39. The van der Waals surface area contributed by atoms with Crippen LogP contribution in [0.15, 0.2) is 42.5 Å². The number of fused-ring (bicyclic) bond motifs is 1. The molecule has 0 spiro atoms. The van der Waals surface area contributed by atoms with Gasteiger partial charge < -0.3 is 19.9 Å².